The molecule has 2 rings (SSSR count). The van der Waals surface area contributed by atoms with Gasteiger partial charge < -0.3 is 10.1 Å². The van der Waals surface area contributed by atoms with Gasteiger partial charge in [0.1, 0.15) is 5.75 Å². The number of rotatable bonds is 7. The molecule has 1 aromatic carbocycles. The molecule has 3 nitrogen and oxygen atoms in total. The van der Waals surface area contributed by atoms with Gasteiger partial charge in [-0.1, -0.05) is 25.5 Å². The zero-order chi connectivity index (χ0) is 14.2. The molecule has 1 heterocycles. The average Bonchev–Trinajstić information content (AvgIpc) is 2.52. The Balaban J connectivity index is 1.90. The first kappa shape index (κ1) is 15.0. The molecule has 0 aromatic heterocycles. The van der Waals surface area contributed by atoms with E-state index in [1.165, 1.54) is 19.3 Å². The predicted molar refractivity (Wildman–Crippen MR) is 81.4 cm³/mol. The van der Waals surface area contributed by atoms with Crippen molar-refractivity contribution < 1.29 is 9.53 Å². The summed E-state index contributed by atoms with van der Waals surface area (Å²) in [6, 6.07) is 8.11. The number of Topliss-reactive ketones (excluding diaryl/α,β-unsaturated/α-hetero) is 1. The summed E-state index contributed by atoms with van der Waals surface area (Å²) >= 11 is 0. The topological polar surface area (TPSA) is 38.3 Å². The van der Waals surface area contributed by atoms with Crippen molar-refractivity contribution in [1.29, 1.82) is 0 Å². The standard InChI is InChI=1S/C17H25NO2/c1-2-13-20-17-9-4-3-8-15(17)16(19)11-10-14-7-5-6-12-18-14/h3-4,8-9,14,18H,2,5-7,10-13H2,1H3. The highest BCUT2D eigenvalue weighted by Gasteiger charge is 2.16. The maximum atomic E-state index is 12.4. The van der Waals surface area contributed by atoms with Crippen molar-refractivity contribution in [2.24, 2.45) is 0 Å². The lowest BCUT2D eigenvalue weighted by Gasteiger charge is -2.23. The van der Waals surface area contributed by atoms with Crippen LogP contribution >= 0.6 is 0 Å². The van der Waals surface area contributed by atoms with E-state index in [1.807, 2.05) is 24.3 Å². The van der Waals surface area contributed by atoms with Gasteiger partial charge >= 0.3 is 0 Å². The third-order valence-corrected chi connectivity index (χ3v) is 3.78. The van der Waals surface area contributed by atoms with Gasteiger partial charge in [-0.2, -0.15) is 0 Å². The summed E-state index contributed by atoms with van der Waals surface area (Å²) in [5, 5.41) is 3.49. The van der Waals surface area contributed by atoms with E-state index in [4.69, 9.17) is 4.74 Å². The number of nitrogens with one attached hydrogen (secondary N) is 1. The maximum absolute atomic E-state index is 12.4. The van der Waals surface area contributed by atoms with Crippen molar-refractivity contribution >= 4 is 5.78 Å². The Labute approximate surface area is 121 Å². The SMILES string of the molecule is CCCOc1ccccc1C(=O)CCC1CCCCN1. The summed E-state index contributed by atoms with van der Waals surface area (Å²) in [7, 11) is 0. The number of hydrogen-bond acceptors (Lipinski definition) is 3. The van der Waals surface area contributed by atoms with Crippen molar-refractivity contribution in [3.05, 3.63) is 29.8 Å². The Hall–Kier alpha value is -1.35. The molecule has 0 amide bonds. The van der Waals surface area contributed by atoms with Crippen LogP contribution in [0.2, 0.25) is 0 Å². The summed E-state index contributed by atoms with van der Waals surface area (Å²) < 4.78 is 5.66. The molecule has 1 aliphatic rings. The van der Waals surface area contributed by atoms with Crippen molar-refractivity contribution in [2.45, 2.75) is 51.5 Å². The Kier molecular flexibility index (Phi) is 6.06. The molecule has 1 saturated heterocycles. The molecule has 0 bridgehead atoms. The Morgan fingerprint density at radius 1 is 1.35 bits per heavy atom. The van der Waals surface area contributed by atoms with E-state index < -0.39 is 0 Å². The van der Waals surface area contributed by atoms with E-state index in [2.05, 4.69) is 12.2 Å². The zero-order valence-corrected chi connectivity index (χ0v) is 12.4. The first-order valence-corrected chi connectivity index (χ1v) is 7.79. The first-order chi connectivity index (χ1) is 9.81. The third kappa shape index (κ3) is 4.34. The van der Waals surface area contributed by atoms with Gasteiger partial charge in [0.25, 0.3) is 0 Å². The predicted octanol–water partition coefficient (Wildman–Crippen LogP) is 3.58. The van der Waals surface area contributed by atoms with Crippen LogP contribution in [0.4, 0.5) is 0 Å². The lowest BCUT2D eigenvalue weighted by Crippen LogP contribution is -2.34. The van der Waals surface area contributed by atoms with Crippen LogP contribution < -0.4 is 10.1 Å². The number of carbonyl (C=O) groups is 1. The minimum absolute atomic E-state index is 0.198. The van der Waals surface area contributed by atoms with E-state index in [9.17, 15) is 4.79 Å². The quantitative estimate of drug-likeness (QED) is 0.773. The van der Waals surface area contributed by atoms with Gasteiger partial charge in [0.05, 0.1) is 12.2 Å². The van der Waals surface area contributed by atoms with Crippen LogP contribution in [-0.2, 0) is 0 Å². The van der Waals surface area contributed by atoms with Gasteiger partial charge in [0, 0.05) is 12.5 Å². The second-order valence-corrected chi connectivity index (χ2v) is 5.45. The van der Waals surface area contributed by atoms with Crippen LogP contribution in [0.25, 0.3) is 0 Å². The highest BCUT2D eigenvalue weighted by molar-refractivity contribution is 5.98. The lowest BCUT2D eigenvalue weighted by atomic mass is 9.97. The molecular formula is C17H25NO2. The summed E-state index contributed by atoms with van der Waals surface area (Å²) in [6.45, 7) is 3.82. The molecule has 1 aromatic rings. The molecule has 3 heteroatoms. The fourth-order valence-electron chi connectivity index (χ4n) is 2.65. The minimum Gasteiger partial charge on any atom is -0.493 e. The van der Waals surface area contributed by atoms with Crippen LogP contribution in [0, 0.1) is 0 Å². The Morgan fingerprint density at radius 2 is 2.20 bits per heavy atom. The molecule has 0 radical (unpaired) electrons. The van der Waals surface area contributed by atoms with E-state index in [0.29, 0.717) is 19.1 Å². The van der Waals surface area contributed by atoms with E-state index in [1.54, 1.807) is 0 Å². The molecular weight excluding hydrogens is 250 g/mol. The van der Waals surface area contributed by atoms with Gasteiger partial charge in [-0.25, -0.2) is 0 Å². The highest BCUT2D eigenvalue weighted by Crippen LogP contribution is 2.21. The van der Waals surface area contributed by atoms with Crippen LogP contribution in [-0.4, -0.2) is 25.0 Å². The maximum Gasteiger partial charge on any atom is 0.166 e. The van der Waals surface area contributed by atoms with Crippen LogP contribution in [0.1, 0.15) is 55.8 Å². The Morgan fingerprint density at radius 3 is 2.95 bits per heavy atom. The summed E-state index contributed by atoms with van der Waals surface area (Å²) in [5.41, 5.74) is 0.733. The average molecular weight is 275 g/mol. The molecule has 1 atom stereocenters. The number of piperidine rings is 1. The smallest absolute Gasteiger partial charge is 0.166 e. The largest absolute Gasteiger partial charge is 0.493 e. The number of hydrogen-bond donors (Lipinski definition) is 1. The van der Waals surface area contributed by atoms with Crippen molar-refractivity contribution in [2.75, 3.05) is 13.2 Å². The molecule has 0 aliphatic carbocycles. The first-order valence-electron chi connectivity index (χ1n) is 7.79. The molecule has 1 aliphatic heterocycles. The van der Waals surface area contributed by atoms with Gasteiger partial charge in [-0.05, 0) is 44.4 Å². The van der Waals surface area contributed by atoms with Crippen molar-refractivity contribution in [1.82, 2.24) is 5.32 Å². The second-order valence-electron chi connectivity index (χ2n) is 5.45. The number of carbonyl (C=O) groups excluding carboxylic acids is 1. The fraction of sp³-hybridized carbons (Fsp3) is 0.588. The van der Waals surface area contributed by atoms with Crippen LogP contribution in [0.5, 0.6) is 5.75 Å². The number of benzene rings is 1. The van der Waals surface area contributed by atoms with Crippen LogP contribution in [0.3, 0.4) is 0 Å². The fourth-order valence-corrected chi connectivity index (χ4v) is 2.65. The molecule has 0 saturated carbocycles. The number of ether oxygens (including phenoxy) is 1. The van der Waals surface area contributed by atoms with Crippen molar-refractivity contribution in [3.8, 4) is 5.75 Å². The van der Waals surface area contributed by atoms with E-state index >= 15 is 0 Å². The summed E-state index contributed by atoms with van der Waals surface area (Å²) in [4.78, 5) is 12.4. The normalized spacial score (nSPS) is 18.8. The van der Waals surface area contributed by atoms with Gasteiger partial charge in [0.2, 0.25) is 0 Å². The minimum atomic E-state index is 0.198. The van der Waals surface area contributed by atoms with Gasteiger partial charge in [0.15, 0.2) is 5.78 Å². The Bertz CT molecular complexity index is 425. The molecule has 1 N–H and O–H groups in total. The van der Waals surface area contributed by atoms with E-state index in [-0.39, 0.29) is 5.78 Å². The third-order valence-electron chi connectivity index (χ3n) is 3.78. The van der Waals surface area contributed by atoms with Crippen LogP contribution in [0.15, 0.2) is 24.3 Å². The molecule has 0 spiro atoms. The van der Waals surface area contributed by atoms with E-state index in [0.717, 1.165) is 30.7 Å². The monoisotopic (exact) mass is 275 g/mol. The lowest BCUT2D eigenvalue weighted by molar-refractivity contribution is 0.0970. The zero-order valence-electron chi connectivity index (χ0n) is 12.4. The molecule has 1 fully saturated rings. The number of para-hydroxylation sites is 1. The highest BCUT2D eigenvalue weighted by atomic mass is 16.5. The second kappa shape index (κ2) is 8.05. The molecule has 20 heavy (non-hydrogen) atoms. The molecule has 110 valence electrons. The summed E-state index contributed by atoms with van der Waals surface area (Å²) in [5.74, 6) is 0.931. The number of ketones is 1. The van der Waals surface area contributed by atoms with Gasteiger partial charge in [-0.3, -0.25) is 4.79 Å². The summed E-state index contributed by atoms with van der Waals surface area (Å²) in [6.07, 6.45) is 6.22. The van der Waals surface area contributed by atoms with Crippen molar-refractivity contribution in [3.63, 3.8) is 0 Å². The van der Waals surface area contributed by atoms with Gasteiger partial charge in [-0.15, -0.1) is 0 Å². The molecule has 1 unspecified atom stereocenters.